The minimum atomic E-state index is -4.50. The number of amides is 1. The average Bonchev–Trinajstić information content (AvgIpc) is 2.66. The van der Waals surface area contributed by atoms with Crippen LogP contribution in [0.1, 0.15) is 10.6 Å². The third kappa shape index (κ3) is 3.58. The van der Waals surface area contributed by atoms with E-state index < -0.39 is 25.2 Å². The van der Waals surface area contributed by atoms with Crippen LogP contribution < -0.4 is 0 Å². The van der Waals surface area contributed by atoms with Crippen molar-refractivity contribution in [2.45, 2.75) is 6.18 Å². The summed E-state index contributed by atoms with van der Waals surface area (Å²) in [5.41, 5.74) is 0. The van der Waals surface area contributed by atoms with Gasteiger partial charge >= 0.3 is 6.18 Å². The molecule has 0 aliphatic rings. The molecule has 0 atom stereocenters. The second-order valence-corrected chi connectivity index (χ2v) is 3.04. The molecule has 1 aromatic heterocycles. The minimum absolute atomic E-state index is 0.183. The summed E-state index contributed by atoms with van der Waals surface area (Å²) in [5.74, 6) is -1.07. The van der Waals surface area contributed by atoms with Gasteiger partial charge in [-0.15, -0.1) is 0 Å². The molecular formula is C9H10F3NO3. The van der Waals surface area contributed by atoms with E-state index in [0.29, 0.717) is 4.90 Å². The summed E-state index contributed by atoms with van der Waals surface area (Å²) in [4.78, 5) is 12.0. The number of carbonyl (C=O) groups is 1. The number of furan rings is 1. The molecule has 16 heavy (non-hydrogen) atoms. The van der Waals surface area contributed by atoms with Crippen molar-refractivity contribution in [1.82, 2.24) is 4.90 Å². The Kier molecular flexibility index (Phi) is 3.94. The Hall–Kier alpha value is -1.50. The molecule has 0 radical (unpaired) electrons. The highest BCUT2D eigenvalue weighted by molar-refractivity contribution is 5.91. The van der Waals surface area contributed by atoms with Gasteiger partial charge in [-0.1, -0.05) is 0 Å². The third-order valence-electron chi connectivity index (χ3n) is 1.76. The Balaban J connectivity index is 2.74. The van der Waals surface area contributed by atoms with Crippen LogP contribution in [-0.2, 0) is 0 Å². The van der Waals surface area contributed by atoms with E-state index >= 15 is 0 Å². The average molecular weight is 237 g/mol. The fourth-order valence-electron chi connectivity index (χ4n) is 1.15. The van der Waals surface area contributed by atoms with Gasteiger partial charge in [0.05, 0.1) is 12.9 Å². The highest BCUT2D eigenvalue weighted by Gasteiger charge is 2.33. The van der Waals surface area contributed by atoms with Crippen LogP contribution in [0.2, 0.25) is 0 Å². The molecule has 0 aromatic carbocycles. The van der Waals surface area contributed by atoms with Gasteiger partial charge in [-0.05, 0) is 12.1 Å². The van der Waals surface area contributed by atoms with Crippen LogP contribution in [0.5, 0.6) is 0 Å². The second-order valence-electron chi connectivity index (χ2n) is 3.04. The van der Waals surface area contributed by atoms with Crippen molar-refractivity contribution in [2.24, 2.45) is 0 Å². The van der Waals surface area contributed by atoms with E-state index in [-0.39, 0.29) is 12.3 Å². The van der Waals surface area contributed by atoms with E-state index in [1.165, 1.54) is 18.4 Å². The number of carbonyl (C=O) groups excluding carboxylic acids is 1. The number of hydrogen-bond acceptors (Lipinski definition) is 3. The Morgan fingerprint density at radius 2 is 2.19 bits per heavy atom. The number of aliphatic hydroxyl groups excluding tert-OH is 1. The maximum atomic E-state index is 12.1. The lowest BCUT2D eigenvalue weighted by molar-refractivity contribution is -0.141. The second kappa shape index (κ2) is 5.02. The van der Waals surface area contributed by atoms with Gasteiger partial charge < -0.3 is 14.4 Å². The molecule has 1 rings (SSSR count). The zero-order chi connectivity index (χ0) is 12.2. The Bertz CT molecular complexity index is 334. The molecule has 1 N–H and O–H groups in total. The molecule has 0 aliphatic carbocycles. The SMILES string of the molecule is O=C(c1ccco1)N(CCO)CC(F)(F)F. The molecule has 1 heterocycles. The monoisotopic (exact) mass is 237 g/mol. The zero-order valence-corrected chi connectivity index (χ0v) is 8.20. The quantitative estimate of drug-likeness (QED) is 0.858. The predicted octanol–water partition coefficient (Wildman–Crippen LogP) is 1.28. The highest BCUT2D eigenvalue weighted by atomic mass is 19.4. The van der Waals surface area contributed by atoms with E-state index in [1.807, 2.05) is 0 Å². The van der Waals surface area contributed by atoms with E-state index in [9.17, 15) is 18.0 Å². The molecule has 0 spiro atoms. The van der Waals surface area contributed by atoms with Crippen LogP contribution in [0.25, 0.3) is 0 Å². The third-order valence-corrected chi connectivity index (χ3v) is 1.76. The van der Waals surface area contributed by atoms with Crippen LogP contribution in [0.15, 0.2) is 22.8 Å². The highest BCUT2D eigenvalue weighted by Crippen LogP contribution is 2.18. The van der Waals surface area contributed by atoms with E-state index in [4.69, 9.17) is 9.52 Å². The zero-order valence-electron chi connectivity index (χ0n) is 8.20. The summed E-state index contributed by atoms with van der Waals surface area (Å²) in [6.07, 6.45) is -3.31. The summed E-state index contributed by atoms with van der Waals surface area (Å²) in [5, 5.41) is 8.59. The lowest BCUT2D eigenvalue weighted by Crippen LogP contribution is -2.40. The van der Waals surface area contributed by atoms with Gasteiger partial charge in [0.15, 0.2) is 5.76 Å². The molecule has 1 amide bonds. The summed E-state index contributed by atoms with van der Waals surface area (Å²) in [7, 11) is 0. The molecule has 90 valence electrons. The van der Waals surface area contributed by atoms with Crippen LogP contribution in [0.4, 0.5) is 13.2 Å². The van der Waals surface area contributed by atoms with Crippen molar-refractivity contribution in [3.63, 3.8) is 0 Å². The maximum Gasteiger partial charge on any atom is 0.406 e. The van der Waals surface area contributed by atoms with Crippen molar-refractivity contribution >= 4 is 5.91 Å². The van der Waals surface area contributed by atoms with Gasteiger partial charge in [0.25, 0.3) is 5.91 Å². The normalized spacial score (nSPS) is 11.5. The largest absolute Gasteiger partial charge is 0.459 e. The first-order valence-electron chi connectivity index (χ1n) is 4.44. The smallest absolute Gasteiger partial charge is 0.406 e. The topological polar surface area (TPSA) is 53.7 Å². The summed E-state index contributed by atoms with van der Waals surface area (Å²) < 4.78 is 41.1. The van der Waals surface area contributed by atoms with Crippen LogP contribution >= 0.6 is 0 Å². The fourth-order valence-corrected chi connectivity index (χ4v) is 1.15. The number of rotatable bonds is 4. The Labute approximate surface area is 89.3 Å². The van der Waals surface area contributed by atoms with Gasteiger partial charge in [-0.2, -0.15) is 13.2 Å². The first-order valence-corrected chi connectivity index (χ1v) is 4.44. The van der Waals surface area contributed by atoms with Gasteiger partial charge in [-0.25, -0.2) is 0 Å². The number of aliphatic hydroxyl groups is 1. The molecule has 0 saturated heterocycles. The van der Waals surface area contributed by atoms with Gasteiger partial charge in [0.2, 0.25) is 0 Å². The van der Waals surface area contributed by atoms with E-state index in [1.54, 1.807) is 0 Å². The molecule has 0 unspecified atom stereocenters. The first-order chi connectivity index (χ1) is 7.44. The van der Waals surface area contributed by atoms with Crippen LogP contribution in [0, 0.1) is 0 Å². The lowest BCUT2D eigenvalue weighted by Gasteiger charge is -2.21. The first kappa shape index (κ1) is 12.6. The lowest BCUT2D eigenvalue weighted by atomic mass is 10.3. The number of alkyl halides is 3. The standard InChI is InChI=1S/C9H10F3NO3/c10-9(11,12)6-13(3-4-14)8(15)7-2-1-5-16-7/h1-2,5,14H,3-4,6H2. The van der Waals surface area contributed by atoms with Crippen LogP contribution in [0.3, 0.4) is 0 Å². The molecule has 0 bridgehead atoms. The predicted molar refractivity (Wildman–Crippen MR) is 47.8 cm³/mol. The number of hydrogen-bond donors (Lipinski definition) is 1. The maximum absolute atomic E-state index is 12.1. The molecule has 1 aromatic rings. The summed E-state index contributed by atoms with van der Waals surface area (Å²) in [6.45, 7) is -2.34. The van der Waals surface area contributed by atoms with Gasteiger partial charge in [0, 0.05) is 6.54 Å². The van der Waals surface area contributed by atoms with Gasteiger partial charge in [-0.3, -0.25) is 4.79 Å². The van der Waals surface area contributed by atoms with Crippen molar-refractivity contribution < 1.29 is 27.5 Å². The molecule has 0 aliphatic heterocycles. The molecule has 0 fully saturated rings. The Morgan fingerprint density at radius 1 is 1.50 bits per heavy atom. The molecule has 7 heteroatoms. The van der Waals surface area contributed by atoms with Gasteiger partial charge in [0.1, 0.15) is 6.54 Å². The molecule has 4 nitrogen and oxygen atoms in total. The molecule has 0 saturated carbocycles. The minimum Gasteiger partial charge on any atom is -0.459 e. The van der Waals surface area contributed by atoms with E-state index in [0.717, 1.165) is 0 Å². The number of halogens is 3. The number of nitrogens with zero attached hydrogens (tertiary/aromatic N) is 1. The molecular weight excluding hydrogens is 227 g/mol. The summed E-state index contributed by atoms with van der Waals surface area (Å²) in [6, 6.07) is 2.67. The van der Waals surface area contributed by atoms with Crippen molar-refractivity contribution in [1.29, 1.82) is 0 Å². The fraction of sp³-hybridized carbons (Fsp3) is 0.444. The van der Waals surface area contributed by atoms with Crippen molar-refractivity contribution in [3.8, 4) is 0 Å². The van der Waals surface area contributed by atoms with Crippen molar-refractivity contribution in [3.05, 3.63) is 24.2 Å². The van der Waals surface area contributed by atoms with Crippen molar-refractivity contribution in [2.75, 3.05) is 19.7 Å². The Morgan fingerprint density at radius 3 is 2.62 bits per heavy atom. The summed E-state index contributed by atoms with van der Waals surface area (Å²) >= 11 is 0. The van der Waals surface area contributed by atoms with Crippen LogP contribution in [-0.4, -0.2) is 41.8 Å². The van der Waals surface area contributed by atoms with E-state index in [2.05, 4.69) is 0 Å².